The van der Waals surface area contributed by atoms with Crippen LogP contribution >= 0.6 is 0 Å². The van der Waals surface area contributed by atoms with Crippen molar-refractivity contribution in [1.29, 1.82) is 0 Å². The van der Waals surface area contributed by atoms with E-state index in [1.54, 1.807) is 18.2 Å². The Bertz CT molecular complexity index is 660. The Morgan fingerprint density at radius 3 is 2.74 bits per heavy atom. The van der Waals surface area contributed by atoms with E-state index in [1.807, 2.05) is 6.92 Å². The van der Waals surface area contributed by atoms with Gasteiger partial charge < -0.3 is 14.8 Å². The average Bonchev–Trinajstić information content (AvgIpc) is 2.93. The summed E-state index contributed by atoms with van der Waals surface area (Å²) < 4.78 is 35.7. The van der Waals surface area contributed by atoms with E-state index in [9.17, 15) is 13.2 Å². The maximum Gasteiger partial charge on any atom is 0.231 e. The van der Waals surface area contributed by atoms with Gasteiger partial charge in [0, 0.05) is 26.1 Å². The molecule has 0 spiro atoms. The van der Waals surface area contributed by atoms with Gasteiger partial charge in [-0.1, -0.05) is 13.0 Å². The van der Waals surface area contributed by atoms with Crippen molar-refractivity contribution in [2.45, 2.75) is 26.3 Å². The van der Waals surface area contributed by atoms with E-state index >= 15 is 0 Å². The SMILES string of the molecule is CCCC(=O)NCCN(Cc1ccc2c(c1)OCO2)S(C)(=O)=O. The highest BCUT2D eigenvalue weighted by Crippen LogP contribution is 2.32. The Labute approximate surface area is 136 Å². The van der Waals surface area contributed by atoms with E-state index in [2.05, 4.69) is 5.32 Å². The zero-order valence-corrected chi connectivity index (χ0v) is 14.2. The molecule has 1 amide bonds. The van der Waals surface area contributed by atoms with Gasteiger partial charge in [0.05, 0.1) is 6.26 Å². The van der Waals surface area contributed by atoms with Crippen LogP contribution in [0.3, 0.4) is 0 Å². The fraction of sp³-hybridized carbons (Fsp3) is 0.533. The highest BCUT2D eigenvalue weighted by Gasteiger charge is 2.19. The van der Waals surface area contributed by atoms with E-state index in [-0.39, 0.29) is 32.3 Å². The number of ether oxygens (including phenoxy) is 2. The molecule has 7 nitrogen and oxygen atoms in total. The first-order chi connectivity index (χ1) is 10.9. The van der Waals surface area contributed by atoms with Crippen molar-refractivity contribution < 1.29 is 22.7 Å². The molecule has 23 heavy (non-hydrogen) atoms. The summed E-state index contributed by atoms with van der Waals surface area (Å²) in [6.45, 7) is 2.83. The molecule has 1 aliphatic rings. The largest absolute Gasteiger partial charge is 0.454 e. The van der Waals surface area contributed by atoms with Crippen molar-refractivity contribution in [3.63, 3.8) is 0 Å². The van der Waals surface area contributed by atoms with Crippen LogP contribution in [0.1, 0.15) is 25.3 Å². The highest BCUT2D eigenvalue weighted by atomic mass is 32.2. The Kier molecular flexibility index (Phi) is 5.84. The van der Waals surface area contributed by atoms with Crippen molar-refractivity contribution in [1.82, 2.24) is 9.62 Å². The number of hydrogen-bond acceptors (Lipinski definition) is 5. The van der Waals surface area contributed by atoms with Crippen LogP contribution in [0, 0.1) is 0 Å². The summed E-state index contributed by atoms with van der Waals surface area (Å²) >= 11 is 0. The number of carbonyl (C=O) groups is 1. The number of carbonyl (C=O) groups excluding carboxylic acids is 1. The maximum atomic E-state index is 11.9. The van der Waals surface area contributed by atoms with Crippen LogP contribution in [-0.2, 0) is 21.4 Å². The fourth-order valence-electron chi connectivity index (χ4n) is 2.24. The van der Waals surface area contributed by atoms with Gasteiger partial charge >= 0.3 is 0 Å². The second-order valence-corrected chi connectivity index (χ2v) is 7.37. The summed E-state index contributed by atoms with van der Waals surface area (Å²) in [5.41, 5.74) is 0.805. The number of hydrogen-bond donors (Lipinski definition) is 1. The molecule has 1 heterocycles. The van der Waals surface area contributed by atoms with Gasteiger partial charge in [-0.2, -0.15) is 4.31 Å². The fourth-order valence-corrected chi connectivity index (χ4v) is 3.05. The minimum Gasteiger partial charge on any atom is -0.454 e. The van der Waals surface area contributed by atoms with Crippen LogP contribution in [-0.4, -0.2) is 44.8 Å². The van der Waals surface area contributed by atoms with Gasteiger partial charge in [-0.25, -0.2) is 8.42 Å². The first-order valence-corrected chi connectivity index (χ1v) is 9.35. The molecule has 0 saturated heterocycles. The minimum absolute atomic E-state index is 0.0657. The molecule has 0 bridgehead atoms. The zero-order chi connectivity index (χ0) is 16.9. The van der Waals surface area contributed by atoms with Crippen LogP contribution in [0.5, 0.6) is 11.5 Å². The summed E-state index contributed by atoms with van der Waals surface area (Å²) in [7, 11) is -3.38. The predicted octanol–water partition coefficient (Wildman–Crippen LogP) is 1.09. The molecule has 8 heteroatoms. The average molecular weight is 342 g/mol. The van der Waals surface area contributed by atoms with E-state index < -0.39 is 10.0 Å². The van der Waals surface area contributed by atoms with E-state index in [4.69, 9.17) is 9.47 Å². The number of nitrogens with zero attached hydrogens (tertiary/aromatic N) is 1. The number of benzene rings is 1. The van der Waals surface area contributed by atoms with E-state index in [1.165, 1.54) is 4.31 Å². The third kappa shape index (κ3) is 5.11. The molecule has 2 rings (SSSR count). The molecule has 0 atom stereocenters. The monoisotopic (exact) mass is 342 g/mol. The van der Waals surface area contributed by atoms with Gasteiger partial charge in [0.25, 0.3) is 0 Å². The predicted molar refractivity (Wildman–Crippen MR) is 85.7 cm³/mol. The number of amides is 1. The molecular formula is C15H22N2O5S. The third-order valence-corrected chi connectivity index (χ3v) is 4.68. The zero-order valence-electron chi connectivity index (χ0n) is 13.4. The van der Waals surface area contributed by atoms with Crippen LogP contribution in [0.25, 0.3) is 0 Å². The Hall–Kier alpha value is -1.80. The van der Waals surface area contributed by atoms with Crippen molar-refractivity contribution in [3.8, 4) is 11.5 Å². The van der Waals surface area contributed by atoms with Crippen molar-refractivity contribution in [2.75, 3.05) is 26.1 Å². The molecule has 128 valence electrons. The van der Waals surface area contributed by atoms with Crippen LogP contribution in [0.2, 0.25) is 0 Å². The van der Waals surface area contributed by atoms with Crippen molar-refractivity contribution in [3.05, 3.63) is 23.8 Å². The summed E-state index contributed by atoms with van der Waals surface area (Å²) in [5, 5.41) is 2.72. The lowest BCUT2D eigenvalue weighted by Gasteiger charge is -2.20. The van der Waals surface area contributed by atoms with Gasteiger partial charge in [-0.15, -0.1) is 0 Å². The van der Waals surface area contributed by atoms with Crippen LogP contribution in [0.4, 0.5) is 0 Å². The molecule has 0 radical (unpaired) electrons. The highest BCUT2D eigenvalue weighted by molar-refractivity contribution is 7.88. The summed E-state index contributed by atoms with van der Waals surface area (Å²) in [4.78, 5) is 11.5. The smallest absolute Gasteiger partial charge is 0.231 e. The second-order valence-electron chi connectivity index (χ2n) is 5.38. The molecule has 0 aliphatic carbocycles. The van der Waals surface area contributed by atoms with Gasteiger partial charge in [-0.3, -0.25) is 4.79 Å². The summed E-state index contributed by atoms with van der Waals surface area (Å²) in [6.07, 6.45) is 2.37. The Morgan fingerprint density at radius 1 is 1.30 bits per heavy atom. The van der Waals surface area contributed by atoms with E-state index in [0.717, 1.165) is 18.2 Å². The molecule has 0 unspecified atom stereocenters. The van der Waals surface area contributed by atoms with Gasteiger partial charge in [0.2, 0.25) is 22.7 Å². The lowest BCUT2D eigenvalue weighted by molar-refractivity contribution is -0.121. The van der Waals surface area contributed by atoms with Gasteiger partial charge in [0.15, 0.2) is 11.5 Å². The number of fused-ring (bicyclic) bond motifs is 1. The second kappa shape index (κ2) is 7.65. The standard InChI is InChI=1S/C15H22N2O5S/c1-3-4-15(18)16-7-8-17(23(2,19)20)10-12-5-6-13-14(9-12)22-11-21-13/h5-6,9H,3-4,7-8,10-11H2,1-2H3,(H,16,18). The number of rotatable bonds is 8. The number of sulfonamides is 1. The quantitative estimate of drug-likeness (QED) is 0.764. The lowest BCUT2D eigenvalue weighted by atomic mass is 10.2. The van der Waals surface area contributed by atoms with Crippen LogP contribution < -0.4 is 14.8 Å². The minimum atomic E-state index is -3.38. The van der Waals surface area contributed by atoms with Gasteiger partial charge in [-0.05, 0) is 24.1 Å². The van der Waals surface area contributed by atoms with Crippen molar-refractivity contribution in [2.24, 2.45) is 0 Å². The van der Waals surface area contributed by atoms with Crippen LogP contribution in [0.15, 0.2) is 18.2 Å². The van der Waals surface area contributed by atoms with E-state index in [0.29, 0.717) is 17.9 Å². The first kappa shape index (κ1) is 17.6. The van der Waals surface area contributed by atoms with Crippen molar-refractivity contribution >= 4 is 15.9 Å². The Balaban J connectivity index is 1.98. The number of nitrogens with one attached hydrogen (secondary N) is 1. The topological polar surface area (TPSA) is 84.9 Å². The maximum absolute atomic E-state index is 11.9. The molecule has 1 N–H and O–H groups in total. The molecule has 0 saturated carbocycles. The third-order valence-electron chi connectivity index (χ3n) is 3.43. The van der Waals surface area contributed by atoms with Gasteiger partial charge in [0.1, 0.15) is 0 Å². The molecular weight excluding hydrogens is 320 g/mol. The molecule has 0 aromatic heterocycles. The molecule has 1 aliphatic heterocycles. The normalized spacial score (nSPS) is 13.3. The molecule has 1 aromatic carbocycles. The Morgan fingerprint density at radius 2 is 2.04 bits per heavy atom. The lowest BCUT2D eigenvalue weighted by Crippen LogP contribution is -2.37. The summed E-state index contributed by atoms with van der Waals surface area (Å²) in [6, 6.07) is 5.35. The molecule has 1 aromatic rings. The first-order valence-electron chi connectivity index (χ1n) is 7.50. The molecule has 0 fully saturated rings. The summed E-state index contributed by atoms with van der Waals surface area (Å²) in [5.74, 6) is 1.21.